The van der Waals surface area contributed by atoms with Crippen molar-refractivity contribution < 1.29 is 18.0 Å². The van der Waals surface area contributed by atoms with Crippen LogP contribution in [-0.4, -0.2) is 43.2 Å². The van der Waals surface area contributed by atoms with Gasteiger partial charge in [0.2, 0.25) is 0 Å². The van der Waals surface area contributed by atoms with Crippen LogP contribution in [0.2, 0.25) is 0 Å². The molecule has 1 amide bonds. The Balaban J connectivity index is 1.98. The van der Waals surface area contributed by atoms with Gasteiger partial charge in [-0.15, -0.1) is 0 Å². The summed E-state index contributed by atoms with van der Waals surface area (Å²) in [4.78, 5) is 14.0. The summed E-state index contributed by atoms with van der Waals surface area (Å²) in [6, 6.07) is 7.79. The molecule has 2 rings (SSSR count). The number of nitrogens with zero attached hydrogens (tertiary/aromatic N) is 2. The number of piperazine rings is 1. The number of hydrogen-bond acceptors (Lipinski definition) is 2. The predicted molar refractivity (Wildman–Crippen MR) is 66.0 cm³/mol. The highest BCUT2D eigenvalue weighted by molar-refractivity contribution is 5.82. The number of hydrogen-bond donors (Lipinski definition) is 0. The van der Waals surface area contributed by atoms with E-state index in [1.165, 1.54) is 0 Å². The third kappa shape index (κ3) is 3.19. The third-order valence-corrected chi connectivity index (χ3v) is 3.18. The molecule has 1 fully saturated rings. The second kappa shape index (κ2) is 5.11. The van der Waals surface area contributed by atoms with Gasteiger partial charge >= 0.3 is 12.1 Å². The second-order valence-corrected chi connectivity index (χ2v) is 4.62. The first-order valence-electron chi connectivity index (χ1n) is 6.05. The molecule has 0 radical (unpaired) electrons. The average molecular weight is 272 g/mol. The number of alkyl halides is 3. The van der Waals surface area contributed by atoms with Crippen molar-refractivity contribution in [3.05, 3.63) is 29.8 Å². The summed E-state index contributed by atoms with van der Waals surface area (Å²) >= 11 is 0. The summed E-state index contributed by atoms with van der Waals surface area (Å²) in [5, 5.41) is 0. The van der Waals surface area contributed by atoms with Crippen LogP contribution in [0.5, 0.6) is 0 Å². The van der Waals surface area contributed by atoms with Crippen molar-refractivity contribution in [2.45, 2.75) is 13.1 Å². The van der Waals surface area contributed by atoms with Gasteiger partial charge in [0.1, 0.15) is 0 Å². The first-order valence-corrected chi connectivity index (χ1v) is 6.05. The lowest BCUT2D eigenvalue weighted by Gasteiger charge is -2.36. The van der Waals surface area contributed by atoms with Crippen molar-refractivity contribution >= 4 is 11.6 Å². The third-order valence-electron chi connectivity index (χ3n) is 3.18. The monoisotopic (exact) mass is 272 g/mol. The Kier molecular flexibility index (Phi) is 3.68. The van der Waals surface area contributed by atoms with Gasteiger partial charge in [-0.2, -0.15) is 13.2 Å². The number of rotatable bonds is 1. The molecule has 0 atom stereocenters. The zero-order valence-electron chi connectivity index (χ0n) is 10.6. The predicted octanol–water partition coefficient (Wildman–Crippen LogP) is 2.21. The molecule has 1 aliphatic heterocycles. The molecule has 0 aliphatic carbocycles. The van der Waals surface area contributed by atoms with E-state index in [4.69, 9.17) is 0 Å². The smallest absolute Gasteiger partial charge is 0.368 e. The second-order valence-electron chi connectivity index (χ2n) is 4.62. The molecule has 0 N–H and O–H groups in total. The molecule has 104 valence electrons. The van der Waals surface area contributed by atoms with Crippen LogP contribution in [-0.2, 0) is 4.79 Å². The molecule has 19 heavy (non-hydrogen) atoms. The van der Waals surface area contributed by atoms with Crippen molar-refractivity contribution in [2.24, 2.45) is 0 Å². The first-order chi connectivity index (χ1) is 8.88. The minimum absolute atomic E-state index is 0.103. The SMILES string of the molecule is Cc1cccc(N2CCN(C(=O)C(F)(F)F)CC2)c1. The normalized spacial score (nSPS) is 16.6. The van der Waals surface area contributed by atoms with Gasteiger partial charge in [0.15, 0.2) is 0 Å². The fourth-order valence-electron chi connectivity index (χ4n) is 2.17. The molecule has 3 nitrogen and oxygen atoms in total. The lowest BCUT2D eigenvalue weighted by molar-refractivity contribution is -0.185. The van der Waals surface area contributed by atoms with E-state index in [0.29, 0.717) is 13.1 Å². The van der Waals surface area contributed by atoms with Crippen LogP contribution in [0.4, 0.5) is 18.9 Å². The molecule has 0 unspecified atom stereocenters. The van der Waals surface area contributed by atoms with Gasteiger partial charge < -0.3 is 9.80 Å². The van der Waals surface area contributed by atoms with Gasteiger partial charge in [0.05, 0.1) is 0 Å². The van der Waals surface area contributed by atoms with Gasteiger partial charge in [0.25, 0.3) is 0 Å². The lowest BCUT2D eigenvalue weighted by atomic mass is 10.2. The maximum Gasteiger partial charge on any atom is 0.471 e. The molecule has 1 aromatic carbocycles. The van der Waals surface area contributed by atoms with Gasteiger partial charge in [-0.05, 0) is 24.6 Å². The summed E-state index contributed by atoms with van der Waals surface area (Å²) in [5.74, 6) is -1.74. The van der Waals surface area contributed by atoms with Crippen LogP contribution < -0.4 is 4.90 Å². The van der Waals surface area contributed by atoms with E-state index in [9.17, 15) is 18.0 Å². The van der Waals surface area contributed by atoms with Crippen molar-refractivity contribution in [3.8, 4) is 0 Å². The number of anilines is 1. The Labute approximate surface area is 109 Å². The molecule has 0 bridgehead atoms. The highest BCUT2D eigenvalue weighted by Crippen LogP contribution is 2.22. The quantitative estimate of drug-likeness (QED) is 0.782. The largest absolute Gasteiger partial charge is 0.471 e. The van der Waals surface area contributed by atoms with Crippen LogP contribution in [0.3, 0.4) is 0 Å². The van der Waals surface area contributed by atoms with Crippen molar-refractivity contribution in [2.75, 3.05) is 31.1 Å². The van der Waals surface area contributed by atoms with Crippen LogP contribution in [0, 0.1) is 6.92 Å². The molecule has 0 saturated carbocycles. The number of benzene rings is 1. The minimum atomic E-state index is -4.77. The van der Waals surface area contributed by atoms with Crippen molar-refractivity contribution in [3.63, 3.8) is 0 Å². The Morgan fingerprint density at radius 2 is 1.79 bits per heavy atom. The summed E-state index contributed by atoms with van der Waals surface area (Å²) in [6.07, 6.45) is -4.77. The Morgan fingerprint density at radius 1 is 1.16 bits per heavy atom. The lowest BCUT2D eigenvalue weighted by Crippen LogP contribution is -2.52. The van der Waals surface area contributed by atoms with E-state index in [1.807, 2.05) is 36.1 Å². The molecular weight excluding hydrogens is 257 g/mol. The maximum atomic E-state index is 12.3. The molecule has 1 heterocycles. The Morgan fingerprint density at radius 3 is 2.32 bits per heavy atom. The number of aryl methyl sites for hydroxylation is 1. The van der Waals surface area contributed by atoms with E-state index in [-0.39, 0.29) is 13.1 Å². The molecule has 0 spiro atoms. The van der Waals surface area contributed by atoms with Crippen molar-refractivity contribution in [1.82, 2.24) is 4.90 Å². The van der Waals surface area contributed by atoms with Crippen LogP contribution in [0.1, 0.15) is 5.56 Å². The Hall–Kier alpha value is -1.72. The fourth-order valence-corrected chi connectivity index (χ4v) is 2.17. The van der Waals surface area contributed by atoms with Crippen LogP contribution in [0.15, 0.2) is 24.3 Å². The maximum absolute atomic E-state index is 12.3. The van der Waals surface area contributed by atoms with Gasteiger partial charge in [-0.1, -0.05) is 12.1 Å². The molecule has 0 aromatic heterocycles. The summed E-state index contributed by atoms with van der Waals surface area (Å²) in [7, 11) is 0. The topological polar surface area (TPSA) is 23.6 Å². The molecule has 1 saturated heterocycles. The number of amides is 1. The van der Waals surface area contributed by atoms with E-state index in [1.54, 1.807) is 0 Å². The summed E-state index contributed by atoms with van der Waals surface area (Å²) in [5.41, 5.74) is 2.09. The standard InChI is InChI=1S/C13H15F3N2O/c1-10-3-2-4-11(9-10)17-5-7-18(8-6-17)12(19)13(14,15)16/h2-4,9H,5-8H2,1H3. The number of carbonyl (C=O) groups is 1. The Bertz CT molecular complexity index is 465. The van der Waals surface area contributed by atoms with Gasteiger partial charge in [0, 0.05) is 31.9 Å². The summed E-state index contributed by atoms with van der Waals surface area (Å²) < 4.78 is 36.9. The zero-order chi connectivity index (χ0) is 14.0. The molecule has 1 aromatic rings. The number of carbonyl (C=O) groups excluding carboxylic acids is 1. The van der Waals surface area contributed by atoms with Gasteiger partial charge in [-0.25, -0.2) is 0 Å². The van der Waals surface area contributed by atoms with Crippen LogP contribution in [0.25, 0.3) is 0 Å². The number of halogens is 3. The van der Waals surface area contributed by atoms with Crippen molar-refractivity contribution in [1.29, 1.82) is 0 Å². The van der Waals surface area contributed by atoms with E-state index < -0.39 is 12.1 Å². The van der Waals surface area contributed by atoms with Crippen LogP contribution >= 0.6 is 0 Å². The highest BCUT2D eigenvalue weighted by atomic mass is 19.4. The fraction of sp³-hybridized carbons (Fsp3) is 0.462. The molecule has 6 heteroatoms. The average Bonchev–Trinajstić information content (AvgIpc) is 2.37. The zero-order valence-corrected chi connectivity index (χ0v) is 10.6. The molecule has 1 aliphatic rings. The van der Waals surface area contributed by atoms with E-state index >= 15 is 0 Å². The van der Waals surface area contributed by atoms with E-state index in [2.05, 4.69) is 0 Å². The van der Waals surface area contributed by atoms with E-state index in [0.717, 1.165) is 16.2 Å². The highest BCUT2D eigenvalue weighted by Gasteiger charge is 2.43. The summed E-state index contributed by atoms with van der Waals surface area (Å²) in [6.45, 7) is 3.02. The van der Waals surface area contributed by atoms with Gasteiger partial charge in [-0.3, -0.25) is 4.79 Å². The minimum Gasteiger partial charge on any atom is -0.368 e. The first kappa shape index (κ1) is 13.7. The molecular formula is C13H15F3N2O.